The molecular weight excluding hydrogens is 420 g/mol. The molecule has 2 amide bonds. The van der Waals surface area contributed by atoms with E-state index in [-0.39, 0.29) is 6.42 Å². The van der Waals surface area contributed by atoms with E-state index in [0.717, 1.165) is 0 Å². The highest BCUT2D eigenvalue weighted by Gasteiger charge is 2.55. The van der Waals surface area contributed by atoms with Gasteiger partial charge in [-0.1, -0.05) is 67.7 Å². The molecule has 0 bridgehead atoms. The maximum absolute atomic E-state index is 13.1. The van der Waals surface area contributed by atoms with Crippen molar-refractivity contribution in [1.29, 1.82) is 5.26 Å². The number of methoxy groups -OCH3 is 1. The summed E-state index contributed by atoms with van der Waals surface area (Å²) >= 11 is 0. The summed E-state index contributed by atoms with van der Waals surface area (Å²) in [5, 5.41) is 12.8. The minimum atomic E-state index is -2.46. The summed E-state index contributed by atoms with van der Waals surface area (Å²) in [6.45, 7) is 7.83. The largest absolute Gasteiger partial charge is 0.468 e. The van der Waals surface area contributed by atoms with Gasteiger partial charge in [-0.15, -0.1) is 6.58 Å². The molecule has 2 atom stereocenters. The summed E-state index contributed by atoms with van der Waals surface area (Å²) in [5.74, 6) is -1.80. The molecular formula is C25H28N2O4Si. The predicted octanol–water partition coefficient (Wildman–Crippen LogP) is 4.23. The van der Waals surface area contributed by atoms with Crippen LogP contribution >= 0.6 is 0 Å². The SMILES string of the molecule is C=CC[Si](C)(C)[C@H](CC(=O)NC(=O)c1ccccc1)[C@@](C#N)(C(=O)OC)c1ccccc1. The number of nitrogens with one attached hydrogen (secondary N) is 1. The van der Waals surface area contributed by atoms with Crippen LogP contribution in [0.4, 0.5) is 0 Å². The van der Waals surface area contributed by atoms with E-state index < -0.39 is 36.8 Å². The van der Waals surface area contributed by atoms with Crippen molar-refractivity contribution in [2.75, 3.05) is 7.11 Å². The Kier molecular flexibility index (Phi) is 8.27. The van der Waals surface area contributed by atoms with Gasteiger partial charge in [-0.25, -0.2) is 4.79 Å². The van der Waals surface area contributed by atoms with Gasteiger partial charge in [-0.3, -0.25) is 14.9 Å². The molecule has 2 aromatic carbocycles. The fourth-order valence-corrected chi connectivity index (χ4v) is 7.35. The second-order valence-electron chi connectivity index (χ2n) is 8.26. The number of carbonyl (C=O) groups excluding carboxylic acids is 3. The summed E-state index contributed by atoms with van der Waals surface area (Å²) in [6, 6.07) is 19.8. The molecule has 6 nitrogen and oxygen atoms in total. The number of nitrogens with zero attached hydrogens (tertiary/aromatic N) is 1. The Bertz CT molecular complexity index is 1020. The van der Waals surface area contributed by atoms with Gasteiger partial charge < -0.3 is 4.74 Å². The number of ether oxygens (including phenoxy) is 1. The average Bonchev–Trinajstić information content (AvgIpc) is 2.80. The van der Waals surface area contributed by atoms with Crippen LogP contribution in [0.25, 0.3) is 0 Å². The lowest BCUT2D eigenvalue weighted by atomic mass is 9.77. The summed E-state index contributed by atoms with van der Waals surface area (Å²) in [5.41, 5.74) is -1.55. The van der Waals surface area contributed by atoms with Crippen LogP contribution in [-0.4, -0.2) is 33.0 Å². The van der Waals surface area contributed by atoms with E-state index in [4.69, 9.17) is 4.74 Å². The maximum Gasteiger partial charge on any atom is 0.330 e. The third kappa shape index (κ3) is 5.21. The first-order valence-corrected chi connectivity index (χ1v) is 13.6. The number of hydrogen-bond donors (Lipinski definition) is 1. The fourth-order valence-electron chi connectivity index (χ4n) is 4.07. The number of rotatable bonds is 9. The Labute approximate surface area is 189 Å². The molecule has 0 aliphatic rings. The van der Waals surface area contributed by atoms with Crippen LogP contribution in [0.15, 0.2) is 73.3 Å². The lowest BCUT2D eigenvalue weighted by Gasteiger charge is -2.41. The van der Waals surface area contributed by atoms with Crippen molar-refractivity contribution < 1.29 is 19.1 Å². The smallest absolute Gasteiger partial charge is 0.330 e. The van der Waals surface area contributed by atoms with Gasteiger partial charge in [-0.05, 0) is 29.3 Å². The zero-order valence-electron chi connectivity index (χ0n) is 18.6. The molecule has 0 radical (unpaired) electrons. The number of amides is 2. The van der Waals surface area contributed by atoms with Gasteiger partial charge in [0.25, 0.3) is 5.91 Å². The molecule has 0 aromatic heterocycles. The minimum absolute atomic E-state index is 0.177. The van der Waals surface area contributed by atoms with Crippen LogP contribution in [0.5, 0.6) is 0 Å². The Morgan fingerprint density at radius 3 is 2.19 bits per heavy atom. The molecule has 2 aromatic rings. The van der Waals surface area contributed by atoms with Crippen LogP contribution in [0.1, 0.15) is 22.3 Å². The van der Waals surface area contributed by atoms with Crippen molar-refractivity contribution in [1.82, 2.24) is 5.32 Å². The van der Waals surface area contributed by atoms with Gasteiger partial charge in [0.05, 0.1) is 21.3 Å². The minimum Gasteiger partial charge on any atom is -0.468 e. The molecule has 0 spiro atoms. The summed E-state index contributed by atoms with van der Waals surface area (Å²) < 4.78 is 5.08. The normalized spacial score (nSPS) is 13.7. The lowest BCUT2D eigenvalue weighted by molar-refractivity contribution is -0.145. The van der Waals surface area contributed by atoms with E-state index >= 15 is 0 Å². The van der Waals surface area contributed by atoms with Gasteiger partial charge in [0.15, 0.2) is 5.41 Å². The van der Waals surface area contributed by atoms with Crippen molar-refractivity contribution in [3.8, 4) is 6.07 Å². The molecule has 0 aliphatic carbocycles. The number of nitriles is 1. The highest BCUT2D eigenvalue weighted by atomic mass is 28.3. The monoisotopic (exact) mass is 448 g/mol. The van der Waals surface area contributed by atoms with Crippen molar-refractivity contribution in [2.24, 2.45) is 0 Å². The van der Waals surface area contributed by atoms with Gasteiger partial charge in [0, 0.05) is 12.0 Å². The van der Waals surface area contributed by atoms with Gasteiger partial charge >= 0.3 is 5.97 Å². The summed E-state index contributed by atoms with van der Waals surface area (Å²) in [7, 11) is -1.23. The number of benzene rings is 2. The van der Waals surface area contributed by atoms with E-state index in [1.807, 2.05) is 13.1 Å². The standard InChI is InChI=1S/C25H28N2O4Si/c1-5-16-32(3,4)21(17-22(28)27-23(29)19-12-8-6-9-13-19)25(18-26,24(30)31-2)20-14-10-7-11-15-20/h5-15,21H,1,16-17H2,2-4H3,(H,27,28,29)/t21-,25+/m1/s1. The number of hydrogen-bond acceptors (Lipinski definition) is 5. The van der Waals surface area contributed by atoms with Crippen LogP contribution in [-0.2, 0) is 19.7 Å². The Morgan fingerprint density at radius 2 is 1.69 bits per heavy atom. The molecule has 0 fully saturated rings. The summed E-state index contributed by atoms with van der Waals surface area (Å²) in [6.07, 6.45) is 1.57. The van der Waals surface area contributed by atoms with E-state index in [2.05, 4.69) is 18.0 Å². The first-order valence-electron chi connectivity index (χ1n) is 10.3. The lowest BCUT2D eigenvalue weighted by Crippen LogP contribution is -2.51. The van der Waals surface area contributed by atoms with Crippen molar-refractivity contribution in [2.45, 2.75) is 36.5 Å². The van der Waals surface area contributed by atoms with Gasteiger partial charge in [0.2, 0.25) is 5.91 Å². The topological polar surface area (TPSA) is 96.3 Å². The zero-order valence-corrected chi connectivity index (χ0v) is 19.6. The van der Waals surface area contributed by atoms with Crippen molar-refractivity contribution >= 4 is 25.9 Å². The molecule has 7 heteroatoms. The molecule has 166 valence electrons. The maximum atomic E-state index is 13.1. The highest BCUT2D eigenvalue weighted by Crippen LogP contribution is 2.47. The Hall–Kier alpha value is -3.50. The Morgan fingerprint density at radius 1 is 1.12 bits per heavy atom. The van der Waals surface area contributed by atoms with E-state index in [9.17, 15) is 19.6 Å². The highest BCUT2D eigenvalue weighted by molar-refractivity contribution is 6.80. The third-order valence-corrected chi connectivity index (χ3v) is 9.59. The zero-order chi connectivity index (χ0) is 23.8. The second-order valence-corrected chi connectivity index (χ2v) is 13.3. The molecule has 32 heavy (non-hydrogen) atoms. The molecule has 0 saturated heterocycles. The number of imide groups is 1. The van der Waals surface area contributed by atoms with Gasteiger partial charge in [-0.2, -0.15) is 5.26 Å². The summed E-state index contributed by atoms with van der Waals surface area (Å²) in [4.78, 5) is 38.6. The first kappa shape index (κ1) is 24.8. The van der Waals surface area contributed by atoms with Crippen molar-refractivity contribution in [3.05, 3.63) is 84.4 Å². The molecule has 0 unspecified atom stereocenters. The van der Waals surface area contributed by atoms with Crippen LogP contribution in [0, 0.1) is 11.3 Å². The number of allylic oxidation sites excluding steroid dienone is 1. The second kappa shape index (κ2) is 10.7. The van der Waals surface area contributed by atoms with E-state index in [1.54, 1.807) is 66.7 Å². The van der Waals surface area contributed by atoms with Crippen LogP contribution in [0.3, 0.4) is 0 Å². The molecule has 0 aliphatic heterocycles. The van der Waals surface area contributed by atoms with Crippen LogP contribution in [0.2, 0.25) is 24.7 Å². The first-order chi connectivity index (χ1) is 15.2. The number of carbonyl (C=O) groups is 3. The van der Waals surface area contributed by atoms with E-state index in [0.29, 0.717) is 17.2 Å². The fraction of sp³-hybridized carbons (Fsp3) is 0.280. The number of esters is 1. The predicted molar refractivity (Wildman–Crippen MR) is 126 cm³/mol. The average molecular weight is 449 g/mol. The third-order valence-electron chi connectivity index (χ3n) is 5.73. The Balaban J connectivity index is 2.52. The van der Waals surface area contributed by atoms with Crippen LogP contribution < -0.4 is 5.32 Å². The van der Waals surface area contributed by atoms with Gasteiger partial charge in [0.1, 0.15) is 0 Å². The quantitative estimate of drug-likeness (QED) is 0.352. The molecule has 0 saturated carbocycles. The molecule has 0 heterocycles. The van der Waals surface area contributed by atoms with Crippen molar-refractivity contribution in [3.63, 3.8) is 0 Å². The molecule has 2 rings (SSSR count). The molecule has 1 N–H and O–H groups in total. The van der Waals surface area contributed by atoms with E-state index in [1.165, 1.54) is 7.11 Å².